The number of nitrogens with one attached hydrogen (secondary N) is 2. The maximum Gasteiger partial charge on any atom is 0.287 e. The molecule has 1 aromatic heterocycles. The maximum atomic E-state index is 11.6. The highest BCUT2D eigenvalue weighted by Crippen LogP contribution is 2.11. The van der Waals surface area contributed by atoms with E-state index in [1.165, 1.54) is 12.3 Å². The standard InChI is InChI=1S/C13H11IN2O3/c14-9-3-1-4-10(7-9)16-12(17)8-15-13(18)11-5-2-6-19-11/h1-7H,8H2,(H,15,18)(H,16,17). The van der Waals surface area contributed by atoms with Crippen molar-refractivity contribution in [2.45, 2.75) is 0 Å². The molecule has 1 heterocycles. The number of hydrogen-bond acceptors (Lipinski definition) is 3. The zero-order valence-electron chi connectivity index (χ0n) is 9.85. The van der Waals surface area contributed by atoms with E-state index in [1.807, 2.05) is 18.2 Å². The van der Waals surface area contributed by atoms with Crippen LogP contribution in [-0.4, -0.2) is 18.4 Å². The first-order valence-corrected chi connectivity index (χ1v) is 6.60. The molecule has 0 aliphatic rings. The van der Waals surface area contributed by atoms with Crippen molar-refractivity contribution in [3.63, 3.8) is 0 Å². The van der Waals surface area contributed by atoms with Crippen LogP contribution in [0.15, 0.2) is 47.1 Å². The number of anilines is 1. The number of rotatable bonds is 4. The zero-order valence-corrected chi connectivity index (χ0v) is 12.0. The van der Waals surface area contributed by atoms with E-state index in [0.29, 0.717) is 5.69 Å². The van der Waals surface area contributed by atoms with Gasteiger partial charge in [0.25, 0.3) is 5.91 Å². The molecule has 0 radical (unpaired) electrons. The lowest BCUT2D eigenvalue weighted by Crippen LogP contribution is -2.32. The topological polar surface area (TPSA) is 71.3 Å². The molecule has 0 spiro atoms. The molecule has 19 heavy (non-hydrogen) atoms. The molecule has 0 saturated carbocycles. The van der Waals surface area contributed by atoms with Crippen molar-refractivity contribution < 1.29 is 14.0 Å². The second-order valence-corrected chi connectivity index (χ2v) is 4.96. The molecule has 0 bridgehead atoms. The van der Waals surface area contributed by atoms with Gasteiger partial charge in [0.05, 0.1) is 12.8 Å². The lowest BCUT2D eigenvalue weighted by molar-refractivity contribution is -0.115. The van der Waals surface area contributed by atoms with Crippen molar-refractivity contribution in [2.24, 2.45) is 0 Å². The number of hydrogen-bond donors (Lipinski definition) is 2. The summed E-state index contributed by atoms with van der Waals surface area (Å²) < 4.78 is 5.94. The van der Waals surface area contributed by atoms with Gasteiger partial charge in [-0.15, -0.1) is 0 Å². The Kier molecular flexibility index (Phi) is 4.56. The van der Waals surface area contributed by atoms with Crippen LogP contribution in [0.4, 0.5) is 5.69 Å². The Bertz CT molecular complexity index is 581. The monoisotopic (exact) mass is 370 g/mol. The smallest absolute Gasteiger partial charge is 0.287 e. The largest absolute Gasteiger partial charge is 0.459 e. The number of halogens is 1. The summed E-state index contributed by atoms with van der Waals surface area (Å²) in [6, 6.07) is 10.5. The van der Waals surface area contributed by atoms with Crippen molar-refractivity contribution in [2.75, 3.05) is 11.9 Å². The van der Waals surface area contributed by atoms with E-state index in [-0.39, 0.29) is 18.2 Å². The number of carbonyl (C=O) groups is 2. The summed E-state index contributed by atoms with van der Waals surface area (Å²) in [6.45, 7) is -0.106. The summed E-state index contributed by atoms with van der Waals surface area (Å²) in [7, 11) is 0. The molecular weight excluding hydrogens is 359 g/mol. The van der Waals surface area contributed by atoms with Gasteiger partial charge >= 0.3 is 0 Å². The fourth-order valence-electron chi connectivity index (χ4n) is 1.43. The third-order valence-electron chi connectivity index (χ3n) is 2.26. The van der Waals surface area contributed by atoms with Gasteiger partial charge in [0, 0.05) is 9.26 Å². The molecule has 0 unspecified atom stereocenters. The summed E-state index contributed by atoms with van der Waals surface area (Å²) in [5, 5.41) is 5.17. The van der Waals surface area contributed by atoms with Gasteiger partial charge < -0.3 is 15.1 Å². The van der Waals surface area contributed by atoms with Crippen LogP contribution in [0.25, 0.3) is 0 Å². The summed E-state index contributed by atoms with van der Waals surface area (Å²) in [6.07, 6.45) is 1.40. The van der Waals surface area contributed by atoms with Gasteiger partial charge in [-0.1, -0.05) is 6.07 Å². The Morgan fingerprint density at radius 2 is 2.05 bits per heavy atom. The van der Waals surface area contributed by atoms with E-state index >= 15 is 0 Å². The maximum absolute atomic E-state index is 11.6. The van der Waals surface area contributed by atoms with Gasteiger partial charge in [0.2, 0.25) is 5.91 Å². The second kappa shape index (κ2) is 6.37. The summed E-state index contributed by atoms with van der Waals surface area (Å²) in [5.41, 5.74) is 0.698. The fraction of sp³-hybridized carbons (Fsp3) is 0.0769. The van der Waals surface area contributed by atoms with Crippen molar-refractivity contribution in [3.8, 4) is 0 Å². The highest BCUT2D eigenvalue weighted by Gasteiger charge is 2.10. The minimum atomic E-state index is -0.414. The zero-order chi connectivity index (χ0) is 13.7. The van der Waals surface area contributed by atoms with Crippen LogP contribution in [0.5, 0.6) is 0 Å². The SMILES string of the molecule is O=C(CNC(=O)c1ccco1)Nc1cccc(I)c1. The van der Waals surface area contributed by atoms with E-state index in [1.54, 1.807) is 12.1 Å². The Morgan fingerprint density at radius 3 is 2.74 bits per heavy atom. The van der Waals surface area contributed by atoms with Crippen LogP contribution in [-0.2, 0) is 4.79 Å². The number of benzene rings is 1. The Balaban J connectivity index is 1.83. The van der Waals surface area contributed by atoms with Crippen molar-refractivity contribution in [3.05, 3.63) is 52.0 Å². The van der Waals surface area contributed by atoms with E-state index < -0.39 is 5.91 Å². The van der Waals surface area contributed by atoms with Crippen LogP contribution in [0.1, 0.15) is 10.6 Å². The molecule has 2 amide bonds. The average Bonchev–Trinajstić information content (AvgIpc) is 2.90. The molecule has 0 saturated heterocycles. The molecule has 0 atom stereocenters. The molecule has 2 aromatic rings. The molecule has 5 nitrogen and oxygen atoms in total. The third kappa shape index (κ3) is 4.09. The van der Waals surface area contributed by atoms with Gasteiger partial charge in [-0.25, -0.2) is 0 Å². The molecular formula is C13H11IN2O3. The lowest BCUT2D eigenvalue weighted by atomic mass is 10.3. The van der Waals surface area contributed by atoms with Crippen molar-refractivity contribution >= 4 is 40.1 Å². The molecule has 0 aliphatic carbocycles. The van der Waals surface area contributed by atoms with Crippen molar-refractivity contribution in [1.82, 2.24) is 5.32 Å². The van der Waals surface area contributed by atoms with Crippen LogP contribution in [0.2, 0.25) is 0 Å². The normalized spacial score (nSPS) is 9.95. The van der Waals surface area contributed by atoms with Gasteiger partial charge in [0.15, 0.2) is 5.76 Å². The fourth-order valence-corrected chi connectivity index (χ4v) is 1.97. The molecule has 2 rings (SSSR count). The van der Waals surface area contributed by atoms with E-state index in [9.17, 15) is 9.59 Å². The predicted octanol–water partition coefficient (Wildman–Crippen LogP) is 2.25. The number of furan rings is 1. The molecule has 0 fully saturated rings. The minimum Gasteiger partial charge on any atom is -0.459 e. The highest BCUT2D eigenvalue weighted by molar-refractivity contribution is 14.1. The van der Waals surface area contributed by atoms with Crippen molar-refractivity contribution in [1.29, 1.82) is 0 Å². The third-order valence-corrected chi connectivity index (χ3v) is 2.93. The summed E-state index contributed by atoms with van der Waals surface area (Å²) >= 11 is 2.16. The van der Waals surface area contributed by atoms with Gasteiger partial charge in [-0.2, -0.15) is 0 Å². The molecule has 2 N–H and O–H groups in total. The summed E-state index contributed by atoms with van der Waals surface area (Å²) in [5.74, 6) is -0.522. The Morgan fingerprint density at radius 1 is 1.21 bits per heavy atom. The van der Waals surface area contributed by atoms with E-state index in [2.05, 4.69) is 33.2 Å². The van der Waals surface area contributed by atoms with Crippen LogP contribution >= 0.6 is 22.6 Å². The number of carbonyl (C=O) groups excluding carboxylic acids is 2. The van der Waals surface area contributed by atoms with Gasteiger partial charge in [-0.05, 0) is 52.9 Å². The van der Waals surface area contributed by atoms with Gasteiger partial charge in [0.1, 0.15) is 0 Å². The first-order valence-electron chi connectivity index (χ1n) is 5.52. The first kappa shape index (κ1) is 13.6. The second-order valence-electron chi connectivity index (χ2n) is 3.72. The Hall–Kier alpha value is -1.83. The lowest BCUT2D eigenvalue weighted by Gasteiger charge is -2.06. The summed E-state index contributed by atoms with van der Waals surface area (Å²) in [4.78, 5) is 23.2. The van der Waals surface area contributed by atoms with Crippen LogP contribution in [0.3, 0.4) is 0 Å². The van der Waals surface area contributed by atoms with Gasteiger partial charge in [-0.3, -0.25) is 9.59 Å². The Labute approximate surface area is 123 Å². The predicted molar refractivity (Wildman–Crippen MR) is 78.8 cm³/mol. The van der Waals surface area contributed by atoms with E-state index in [0.717, 1.165) is 3.57 Å². The molecule has 0 aliphatic heterocycles. The molecule has 6 heteroatoms. The van der Waals surface area contributed by atoms with Crippen LogP contribution in [0, 0.1) is 3.57 Å². The minimum absolute atomic E-state index is 0.106. The number of amides is 2. The van der Waals surface area contributed by atoms with Crippen LogP contribution < -0.4 is 10.6 Å². The molecule has 98 valence electrons. The average molecular weight is 370 g/mol. The quantitative estimate of drug-likeness (QED) is 0.812. The first-order chi connectivity index (χ1) is 9.15. The van der Waals surface area contributed by atoms with E-state index in [4.69, 9.17) is 4.42 Å². The molecule has 1 aromatic carbocycles. The highest BCUT2D eigenvalue weighted by atomic mass is 127.